The van der Waals surface area contributed by atoms with Crippen molar-refractivity contribution >= 4 is 10.9 Å². The van der Waals surface area contributed by atoms with E-state index < -0.39 is 0 Å². The molecule has 0 bridgehead atoms. The molecule has 2 atom stereocenters. The van der Waals surface area contributed by atoms with Gasteiger partial charge in [0.2, 0.25) is 0 Å². The Bertz CT molecular complexity index is 1370. The molecular weight excluding hydrogens is 530 g/mol. The second-order valence-electron chi connectivity index (χ2n) is 10.7. The van der Waals surface area contributed by atoms with E-state index >= 15 is 0 Å². The van der Waals surface area contributed by atoms with Gasteiger partial charge in [-0.15, -0.1) is 0 Å². The summed E-state index contributed by atoms with van der Waals surface area (Å²) in [4.78, 5) is 0. The molecule has 0 aliphatic carbocycles. The van der Waals surface area contributed by atoms with Crippen LogP contribution in [0.1, 0.15) is 41.9 Å². The fraction of sp³-hybridized carbons (Fsp3) is 0.441. The van der Waals surface area contributed by atoms with Crippen molar-refractivity contribution in [2.45, 2.75) is 51.0 Å². The summed E-state index contributed by atoms with van der Waals surface area (Å²) in [7, 11) is 3.41. The van der Waals surface area contributed by atoms with Crippen molar-refractivity contribution in [2.24, 2.45) is 0 Å². The van der Waals surface area contributed by atoms with Gasteiger partial charge >= 0.3 is 0 Å². The quantitative estimate of drug-likeness (QED) is 0.172. The van der Waals surface area contributed by atoms with E-state index in [1.807, 2.05) is 30.5 Å². The van der Waals surface area contributed by atoms with Crippen molar-refractivity contribution in [1.82, 2.24) is 15.1 Å². The zero-order valence-corrected chi connectivity index (χ0v) is 24.8. The maximum atomic E-state index is 6.51. The number of aryl methyl sites for hydroxylation is 1. The maximum Gasteiger partial charge on any atom is 0.124 e. The predicted octanol–water partition coefficient (Wildman–Crippen LogP) is 5.73. The molecular formula is C34H43N3O5. The SMILES string of the molecule is COCCCn1ncc2ccc(COC3CNCCC3c3ccc(OCCCOCc4ccccc4OC)cc3)cc21. The molecule has 5 rings (SSSR count). The van der Waals surface area contributed by atoms with Gasteiger partial charge in [-0.25, -0.2) is 0 Å². The van der Waals surface area contributed by atoms with Crippen LogP contribution in [-0.2, 0) is 34.0 Å². The van der Waals surface area contributed by atoms with E-state index in [4.69, 9.17) is 23.7 Å². The summed E-state index contributed by atoms with van der Waals surface area (Å²) in [6.45, 7) is 5.75. The number of methoxy groups -OCH3 is 2. The molecule has 1 saturated heterocycles. The topological polar surface area (TPSA) is 76.0 Å². The van der Waals surface area contributed by atoms with Crippen molar-refractivity contribution in [2.75, 3.05) is 47.1 Å². The van der Waals surface area contributed by atoms with Crippen molar-refractivity contribution in [1.29, 1.82) is 0 Å². The van der Waals surface area contributed by atoms with Crippen LogP contribution >= 0.6 is 0 Å². The molecule has 0 amide bonds. The van der Waals surface area contributed by atoms with Gasteiger partial charge in [0.1, 0.15) is 11.5 Å². The van der Waals surface area contributed by atoms with Crippen LogP contribution in [0.15, 0.2) is 72.9 Å². The van der Waals surface area contributed by atoms with E-state index in [1.54, 1.807) is 14.2 Å². The largest absolute Gasteiger partial charge is 0.496 e. The molecule has 1 N–H and O–H groups in total. The lowest BCUT2D eigenvalue weighted by Gasteiger charge is -2.32. The summed E-state index contributed by atoms with van der Waals surface area (Å²) in [5.74, 6) is 2.08. The number of para-hydroxylation sites is 1. The molecule has 1 fully saturated rings. The third kappa shape index (κ3) is 8.10. The van der Waals surface area contributed by atoms with Crippen LogP contribution in [0.2, 0.25) is 0 Å². The number of nitrogens with one attached hydrogen (secondary N) is 1. The molecule has 0 saturated carbocycles. The lowest BCUT2D eigenvalue weighted by atomic mass is 9.87. The Hall–Kier alpha value is -3.43. The molecule has 8 nitrogen and oxygen atoms in total. The van der Waals surface area contributed by atoms with E-state index in [0.29, 0.717) is 32.3 Å². The van der Waals surface area contributed by atoms with E-state index in [-0.39, 0.29) is 6.10 Å². The monoisotopic (exact) mass is 573 g/mol. The fourth-order valence-corrected chi connectivity index (χ4v) is 5.50. The van der Waals surface area contributed by atoms with Crippen molar-refractivity contribution in [3.05, 3.63) is 89.6 Å². The summed E-state index contributed by atoms with van der Waals surface area (Å²) in [5.41, 5.74) is 4.65. The molecule has 8 heteroatoms. The molecule has 224 valence electrons. The van der Waals surface area contributed by atoms with Crippen LogP contribution in [0.4, 0.5) is 0 Å². The standard InChI is InChI=1S/C34H43N3O5/c1-38-18-5-17-37-32-21-26(9-10-28(32)22-36-37)24-42-34-23-35-16-15-31(34)27-11-13-30(14-12-27)41-20-6-19-40-25-29-7-3-4-8-33(29)39-2/h3-4,7-14,21-22,31,34-35H,5-6,15-20,23-25H2,1-2H3. The predicted molar refractivity (Wildman–Crippen MR) is 164 cm³/mol. The van der Waals surface area contributed by atoms with E-state index in [9.17, 15) is 0 Å². The summed E-state index contributed by atoms with van der Waals surface area (Å²) in [6, 6.07) is 22.9. The normalized spacial score (nSPS) is 17.0. The second kappa shape index (κ2) is 15.7. The Kier molecular flexibility index (Phi) is 11.2. The van der Waals surface area contributed by atoms with E-state index in [2.05, 4.69) is 57.6 Å². The smallest absolute Gasteiger partial charge is 0.124 e. The van der Waals surface area contributed by atoms with Crippen LogP contribution in [0.3, 0.4) is 0 Å². The van der Waals surface area contributed by atoms with Crippen LogP contribution in [0, 0.1) is 0 Å². The first kappa shape index (κ1) is 30.0. The third-order valence-corrected chi connectivity index (χ3v) is 7.78. The Morgan fingerprint density at radius 2 is 1.81 bits per heavy atom. The number of hydrogen-bond acceptors (Lipinski definition) is 7. The van der Waals surface area contributed by atoms with Gasteiger partial charge in [-0.2, -0.15) is 5.10 Å². The number of aromatic nitrogens is 2. The average molecular weight is 574 g/mol. The van der Waals surface area contributed by atoms with Gasteiger partial charge in [-0.05, 0) is 54.8 Å². The van der Waals surface area contributed by atoms with Crippen LogP contribution in [0.25, 0.3) is 10.9 Å². The first-order valence-corrected chi connectivity index (χ1v) is 14.9. The summed E-state index contributed by atoms with van der Waals surface area (Å²) in [6.07, 6.45) is 4.83. The van der Waals surface area contributed by atoms with Gasteiger partial charge in [0.15, 0.2) is 0 Å². The molecule has 3 aromatic carbocycles. The molecule has 1 aliphatic rings. The second-order valence-corrected chi connectivity index (χ2v) is 10.7. The molecule has 1 aliphatic heterocycles. The Morgan fingerprint density at radius 3 is 2.67 bits per heavy atom. The third-order valence-electron chi connectivity index (χ3n) is 7.78. The summed E-state index contributed by atoms with van der Waals surface area (Å²) in [5, 5.41) is 9.22. The lowest BCUT2D eigenvalue weighted by molar-refractivity contribution is 0.0106. The molecule has 2 heterocycles. The Balaban J connectivity index is 1.09. The van der Waals surface area contributed by atoms with E-state index in [1.165, 1.54) is 5.56 Å². The minimum Gasteiger partial charge on any atom is -0.496 e. The van der Waals surface area contributed by atoms with Crippen LogP contribution < -0.4 is 14.8 Å². The van der Waals surface area contributed by atoms with Crippen LogP contribution in [-0.4, -0.2) is 63.0 Å². The number of rotatable bonds is 16. The molecule has 0 radical (unpaired) electrons. The zero-order chi connectivity index (χ0) is 29.0. The summed E-state index contributed by atoms with van der Waals surface area (Å²) < 4.78 is 31.0. The summed E-state index contributed by atoms with van der Waals surface area (Å²) >= 11 is 0. The van der Waals surface area contributed by atoms with Crippen molar-refractivity contribution in [3.63, 3.8) is 0 Å². The maximum absolute atomic E-state index is 6.51. The number of benzene rings is 3. The number of hydrogen-bond donors (Lipinski definition) is 1. The van der Waals surface area contributed by atoms with Gasteiger partial charge in [0, 0.05) is 50.1 Å². The van der Waals surface area contributed by atoms with Gasteiger partial charge in [-0.1, -0.05) is 42.5 Å². The first-order valence-electron chi connectivity index (χ1n) is 14.9. The zero-order valence-electron chi connectivity index (χ0n) is 24.8. The Morgan fingerprint density at radius 1 is 0.929 bits per heavy atom. The number of nitrogens with zero attached hydrogens (tertiary/aromatic N) is 2. The average Bonchev–Trinajstić information content (AvgIpc) is 3.44. The highest BCUT2D eigenvalue weighted by atomic mass is 16.5. The van der Waals surface area contributed by atoms with Gasteiger partial charge in [0.25, 0.3) is 0 Å². The van der Waals surface area contributed by atoms with Crippen molar-refractivity contribution < 1.29 is 23.7 Å². The number of piperidine rings is 1. The molecule has 42 heavy (non-hydrogen) atoms. The van der Waals surface area contributed by atoms with Gasteiger partial charge in [-0.3, -0.25) is 4.68 Å². The first-order chi connectivity index (χ1) is 20.7. The highest BCUT2D eigenvalue weighted by Crippen LogP contribution is 2.30. The Labute approximate surface area is 248 Å². The molecule has 4 aromatic rings. The molecule has 0 spiro atoms. The minimum absolute atomic E-state index is 0.105. The number of fused-ring (bicyclic) bond motifs is 1. The lowest BCUT2D eigenvalue weighted by Crippen LogP contribution is -2.40. The fourth-order valence-electron chi connectivity index (χ4n) is 5.50. The van der Waals surface area contributed by atoms with Crippen molar-refractivity contribution in [3.8, 4) is 11.5 Å². The van der Waals surface area contributed by atoms with Gasteiger partial charge < -0.3 is 29.0 Å². The minimum atomic E-state index is 0.105. The molecule has 1 aromatic heterocycles. The van der Waals surface area contributed by atoms with E-state index in [0.717, 1.165) is 79.0 Å². The highest BCUT2D eigenvalue weighted by molar-refractivity contribution is 5.79. The number of ether oxygens (including phenoxy) is 5. The highest BCUT2D eigenvalue weighted by Gasteiger charge is 2.27. The molecule has 2 unspecified atom stereocenters. The van der Waals surface area contributed by atoms with Gasteiger partial charge in [0.05, 0.1) is 51.4 Å². The van der Waals surface area contributed by atoms with Crippen LogP contribution in [0.5, 0.6) is 11.5 Å².